The zero-order chi connectivity index (χ0) is 22.4. The topological polar surface area (TPSA) is 54.5 Å². The van der Waals surface area contributed by atoms with Gasteiger partial charge in [-0.1, -0.05) is 71.7 Å². The van der Waals surface area contributed by atoms with Crippen LogP contribution >= 0.6 is 23.2 Å². The van der Waals surface area contributed by atoms with Crippen molar-refractivity contribution in [3.8, 4) is 0 Å². The number of imide groups is 1. The minimum absolute atomic E-state index is 0.143. The van der Waals surface area contributed by atoms with E-state index in [2.05, 4.69) is 0 Å². The standard InChI is InChI=1S/C26H17Cl2NO3/c1-13(30)26-17-8-4-2-6-15(17)21(16-7-3-5-9-18(16)26)22-23(26)25(32)29(24(22)31)20-11-10-14(27)12-19(20)28/h2-12,21-23H,1H3/t21?,22-,23-,26?/m1/s1. The number of nitrogens with zero attached hydrogens (tertiary/aromatic N) is 1. The summed E-state index contributed by atoms with van der Waals surface area (Å²) in [4.78, 5) is 42.5. The van der Waals surface area contributed by atoms with Crippen LogP contribution in [0.1, 0.15) is 35.1 Å². The van der Waals surface area contributed by atoms with Crippen molar-refractivity contribution >= 4 is 46.5 Å². The van der Waals surface area contributed by atoms with Gasteiger partial charge in [-0.15, -0.1) is 0 Å². The Morgan fingerprint density at radius 3 is 2.03 bits per heavy atom. The quantitative estimate of drug-likeness (QED) is 0.496. The van der Waals surface area contributed by atoms with Crippen molar-refractivity contribution in [2.75, 3.05) is 4.90 Å². The predicted molar refractivity (Wildman–Crippen MR) is 122 cm³/mol. The number of anilines is 1. The highest BCUT2D eigenvalue weighted by atomic mass is 35.5. The van der Waals surface area contributed by atoms with Gasteiger partial charge in [-0.2, -0.15) is 0 Å². The first-order valence-corrected chi connectivity index (χ1v) is 11.2. The summed E-state index contributed by atoms with van der Waals surface area (Å²) in [7, 11) is 0. The van der Waals surface area contributed by atoms with E-state index in [0.717, 1.165) is 27.2 Å². The van der Waals surface area contributed by atoms with Gasteiger partial charge in [0.2, 0.25) is 11.8 Å². The molecule has 3 aliphatic carbocycles. The molecule has 2 bridgehead atoms. The summed E-state index contributed by atoms with van der Waals surface area (Å²) in [6, 6.07) is 20.1. The smallest absolute Gasteiger partial charge is 0.239 e. The third-order valence-electron chi connectivity index (χ3n) is 7.32. The lowest BCUT2D eigenvalue weighted by molar-refractivity contribution is -0.132. The van der Waals surface area contributed by atoms with Gasteiger partial charge in [0.1, 0.15) is 5.78 Å². The number of rotatable bonds is 2. The van der Waals surface area contributed by atoms with Crippen LogP contribution in [-0.2, 0) is 19.8 Å². The molecule has 1 aliphatic heterocycles. The summed E-state index contributed by atoms with van der Waals surface area (Å²) in [5.74, 6) is -2.67. The fourth-order valence-corrected chi connectivity index (χ4v) is 6.76. The van der Waals surface area contributed by atoms with E-state index in [4.69, 9.17) is 23.2 Å². The SMILES string of the molecule is CC(=O)C12c3ccccc3C(c3ccccc31)[C@H]1C(=O)N(c3ccc(Cl)cc3Cl)C(=O)[C@@H]12. The van der Waals surface area contributed by atoms with Gasteiger partial charge in [0.15, 0.2) is 0 Å². The molecule has 4 aliphatic rings. The number of hydrogen-bond acceptors (Lipinski definition) is 3. The van der Waals surface area contributed by atoms with Crippen molar-refractivity contribution in [3.63, 3.8) is 0 Å². The lowest BCUT2D eigenvalue weighted by Crippen LogP contribution is -2.57. The van der Waals surface area contributed by atoms with E-state index in [-0.39, 0.29) is 22.6 Å². The maximum absolute atomic E-state index is 14.0. The maximum atomic E-state index is 14.0. The second kappa shape index (κ2) is 6.53. The minimum Gasteiger partial charge on any atom is -0.299 e. The van der Waals surface area contributed by atoms with Crippen molar-refractivity contribution in [1.82, 2.24) is 0 Å². The lowest BCUT2D eigenvalue weighted by atomic mass is 9.46. The Kier molecular flexibility index (Phi) is 4.02. The molecule has 2 atom stereocenters. The predicted octanol–water partition coefficient (Wildman–Crippen LogP) is 5.13. The molecule has 6 heteroatoms. The molecule has 32 heavy (non-hydrogen) atoms. The average Bonchev–Trinajstić information content (AvgIpc) is 3.05. The van der Waals surface area contributed by atoms with Crippen molar-refractivity contribution in [2.24, 2.45) is 11.8 Å². The number of halogens is 2. The van der Waals surface area contributed by atoms with Crippen LogP contribution in [0.25, 0.3) is 0 Å². The number of carbonyl (C=O) groups excluding carboxylic acids is 3. The number of benzene rings is 3. The van der Waals surface area contributed by atoms with Gasteiger partial charge in [-0.25, -0.2) is 4.90 Å². The van der Waals surface area contributed by atoms with Crippen LogP contribution in [-0.4, -0.2) is 17.6 Å². The first kappa shape index (κ1) is 19.7. The summed E-state index contributed by atoms with van der Waals surface area (Å²) in [6.07, 6.45) is 0. The van der Waals surface area contributed by atoms with Crippen LogP contribution in [0.3, 0.4) is 0 Å². The van der Waals surface area contributed by atoms with Crippen molar-refractivity contribution in [1.29, 1.82) is 0 Å². The molecule has 3 aromatic carbocycles. The van der Waals surface area contributed by atoms with Crippen LogP contribution in [0.2, 0.25) is 10.0 Å². The zero-order valence-electron chi connectivity index (χ0n) is 17.0. The average molecular weight is 462 g/mol. The first-order chi connectivity index (χ1) is 15.4. The van der Waals surface area contributed by atoms with E-state index in [1.807, 2.05) is 48.5 Å². The summed E-state index contributed by atoms with van der Waals surface area (Å²) in [6.45, 7) is 1.52. The molecule has 0 N–H and O–H groups in total. The normalized spacial score (nSPS) is 27.2. The molecular formula is C26H17Cl2NO3. The number of carbonyl (C=O) groups is 3. The van der Waals surface area contributed by atoms with E-state index in [1.165, 1.54) is 13.0 Å². The fourth-order valence-electron chi connectivity index (χ4n) is 6.27. The number of amides is 2. The van der Waals surface area contributed by atoms with Gasteiger partial charge in [0, 0.05) is 10.9 Å². The lowest BCUT2D eigenvalue weighted by Gasteiger charge is -2.52. The molecule has 0 radical (unpaired) electrons. The highest BCUT2D eigenvalue weighted by molar-refractivity contribution is 6.38. The van der Waals surface area contributed by atoms with E-state index in [0.29, 0.717) is 10.7 Å². The van der Waals surface area contributed by atoms with E-state index >= 15 is 0 Å². The molecule has 2 amide bonds. The summed E-state index contributed by atoms with van der Waals surface area (Å²) in [5, 5.41) is 0.632. The first-order valence-electron chi connectivity index (χ1n) is 10.4. The Morgan fingerprint density at radius 2 is 1.47 bits per heavy atom. The van der Waals surface area contributed by atoms with Crippen LogP contribution < -0.4 is 4.90 Å². The van der Waals surface area contributed by atoms with Crippen LogP contribution in [0.5, 0.6) is 0 Å². The molecule has 158 valence electrons. The van der Waals surface area contributed by atoms with Crippen LogP contribution in [0, 0.1) is 11.8 Å². The van der Waals surface area contributed by atoms with Crippen LogP contribution in [0.15, 0.2) is 66.7 Å². The fraction of sp³-hybridized carbons (Fsp3) is 0.192. The van der Waals surface area contributed by atoms with Gasteiger partial charge < -0.3 is 0 Å². The molecule has 0 aromatic heterocycles. The molecular weight excluding hydrogens is 445 g/mol. The molecule has 7 rings (SSSR count). The maximum Gasteiger partial charge on any atom is 0.239 e. The molecule has 0 spiro atoms. The van der Waals surface area contributed by atoms with Gasteiger partial charge in [-0.3, -0.25) is 14.4 Å². The minimum atomic E-state index is -1.22. The molecule has 0 unspecified atom stereocenters. The molecule has 3 aromatic rings. The summed E-state index contributed by atoms with van der Waals surface area (Å²) >= 11 is 12.4. The molecule has 4 nitrogen and oxygen atoms in total. The van der Waals surface area contributed by atoms with E-state index in [9.17, 15) is 14.4 Å². The van der Waals surface area contributed by atoms with Crippen LogP contribution in [0.4, 0.5) is 5.69 Å². The molecule has 1 fully saturated rings. The summed E-state index contributed by atoms with van der Waals surface area (Å²) in [5.41, 5.74) is 2.60. The Balaban J connectivity index is 1.67. The molecule has 1 heterocycles. The zero-order valence-corrected chi connectivity index (χ0v) is 18.5. The number of hydrogen-bond donors (Lipinski definition) is 0. The van der Waals surface area contributed by atoms with Gasteiger partial charge >= 0.3 is 0 Å². The Hall–Kier alpha value is -2.95. The highest BCUT2D eigenvalue weighted by Crippen LogP contribution is 2.64. The van der Waals surface area contributed by atoms with Crippen molar-refractivity contribution in [2.45, 2.75) is 18.3 Å². The van der Waals surface area contributed by atoms with Gasteiger partial charge in [0.05, 0.1) is 28.0 Å². The third kappa shape index (κ3) is 2.17. The summed E-state index contributed by atoms with van der Waals surface area (Å²) < 4.78 is 0. The largest absolute Gasteiger partial charge is 0.299 e. The second-order valence-electron chi connectivity index (χ2n) is 8.63. The highest BCUT2D eigenvalue weighted by Gasteiger charge is 2.70. The Bertz CT molecular complexity index is 1320. The molecule has 0 saturated carbocycles. The van der Waals surface area contributed by atoms with Gasteiger partial charge in [-0.05, 0) is 47.4 Å². The Morgan fingerprint density at radius 1 is 0.875 bits per heavy atom. The van der Waals surface area contributed by atoms with Crippen molar-refractivity contribution < 1.29 is 14.4 Å². The molecule has 1 saturated heterocycles. The number of Topliss-reactive ketones (excluding diaryl/α,β-unsaturated/α-hetero) is 1. The number of ketones is 1. The third-order valence-corrected chi connectivity index (χ3v) is 7.86. The van der Waals surface area contributed by atoms with Gasteiger partial charge in [0.25, 0.3) is 0 Å². The second-order valence-corrected chi connectivity index (χ2v) is 9.47. The van der Waals surface area contributed by atoms with E-state index < -0.39 is 23.2 Å². The Labute approximate surface area is 194 Å². The van der Waals surface area contributed by atoms with E-state index in [1.54, 1.807) is 12.1 Å². The monoisotopic (exact) mass is 461 g/mol. The van der Waals surface area contributed by atoms with Crippen molar-refractivity contribution in [3.05, 3.63) is 99.0 Å².